The average molecular weight is 266 g/mol. The minimum Gasteiger partial charge on any atom is -0.341 e. The fourth-order valence-corrected chi connectivity index (χ4v) is 1.82. The van der Waals surface area contributed by atoms with Gasteiger partial charge in [-0.2, -0.15) is 0 Å². The molecule has 0 fully saturated rings. The minimum atomic E-state index is 0.807. The van der Waals surface area contributed by atoms with Gasteiger partial charge in [-0.3, -0.25) is 0 Å². The van der Waals surface area contributed by atoms with Crippen molar-refractivity contribution in [2.75, 3.05) is 7.05 Å². The van der Waals surface area contributed by atoms with Gasteiger partial charge in [0.1, 0.15) is 5.82 Å². The molecule has 0 unspecified atom stereocenters. The Kier molecular flexibility index (Phi) is 3.18. The van der Waals surface area contributed by atoms with Crippen molar-refractivity contribution in [3.63, 3.8) is 0 Å². The molecule has 0 atom stereocenters. The van der Waals surface area contributed by atoms with Gasteiger partial charge in [-0.05, 0) is 19.2 Å². The molecule has 0 bridgehead atoms. The molecule has 0 aliphatic rings. The monoisotopic (exact) mass is 265 g/mol. The zero-order valence-corrected chi connectivity index (χ0v) is 10.0. The highest BCUT2D eigenvalue weighted by Gasteiger charge is 2.02. The van der Waals surface area contributed by atoms with Crippen molar-refractivity contribution in [1.82, 2.24) is 15.3 Å². The van der Waals surface area contributed by atoms with Crippen molar-refractivity contribution in [2.45, 2.75) is 6.54 Å². The summed E-state index contributed by atoms with van der Waals surface area (Å²) in [6.07, 6.45) is 1.85. The van der Waals surface area contributed by atoms with E-state index in [-0.39, 0.29) is 0 Å². The minimum absolute atomic E-state index is 0.807. The Morgan fingerprint density at radius 3 is 3.07 bits per heavy atom. The Balaban J connectivity index is 2.29. The second-order valence-electron chi connectivity index (χ2n) is 3.30. The molecular formula is C11H12BrN3. The van der Waals surface area contributed by atoms with E-state index >= 15 is 0 Å². The second kappa shape index (κ2) is 4.59. The van der Waals surface area contributed by atoms with E-state index in [4.69, 9.17) is 0 Å². The maximum atomic E-state index is 4.33. The van der Waals surface area contributed by atoms with Crippen LogP contribution in [0.25, 0.3) is 11.4 Å². The number of benzene rings is 1. The normalized spacial score (nSPS) is 10.5. The summed E-state index contributed by atoms with van der Waals surface area (Å²) in [7, 11) is 1.92. The highest BCUT2D eigenvalue weighted by Crippen LogP contribution is 2.20. The van der Waals surface area contributed by atoms with E-state index in [2.05, 4.69) is 31.2 Å². The molecule has 2 rings (SSSR count). The second-order valence-corrected chi connectivity index (χ2v) is 4.21. The third-order valence-electron chi connectivity index (χ3n) is 2.09. The summed E-state index contributed by atoms with van der Waals surface area (Å²) in [6.45, 7) is 0.807. The van der Waals surface area contributed by atoms with Crippen LogP contribution in [-0.2, 0) is 6.54 Å². The van der Waals surface area contributed by atoms with Gasteiger partial charge in [-0.25, -0.2) is 4.98 Å². The molecule has 15 heavy (non-hydrogen) atoms. The molecular weight excluding hydrogens is 254 g/mol. The number of rotatable bonds is 3. The summed E-state index contributed by atoms with van der Waals surface area (Å²) < 4.78 is 1.06. The van der Waals surface area contributed by atoms with E-state index in [1.165, 1.54) is 0 Å². The van der Waals surface area contributed by atoms with Crippen molar-refractivity contribution >= 4 is 15.9 Å². The Morgan fingerprint density at radius 1 is 1.47 bits per heavy atom. The lowest BCUT2D eigenvalue weighted by Crippen LogP contribution is -2.04. The molecule has 0 aliphatic carbocycles. The molecule has 4 heteroatoms. The van der Waals surface area contributed by atoms with Crippen LogP contribution in [-0.4, -0.2) is 17.0 Å². The predicted octanol–water partition coefficient (Wildman–Crippen LogP) is 2.56. The van der Waals surface area contributed by atoms with Gasteiger partial charge in [0.15, 0.2) is 0 Å². The maximum Gasteiger partial charge on any atom is 0.137 e. The van der Waals surface area contributed by atoms with E-state index < -0.39 is 0 Å². The summed E-state index contributed by atoms with van der Waals surface area (Å²) >= 11 is 3.44. The third-order valence-corrected chi connectivity index (χ3v) is 2.59. The fraction of sp³-hybridized carbons (Fsp3) is 0.182. The number of hydrogen-bond acceptors (Lipinski definition) is 2. The van der Waals surface area contributed by atoms with Crippen LogP contribution in [0.1, 0.15) is 5.69 Å². The number of halogens is 1. The Bertz CT molecular complexity index is 451. The van der Waals surface area contributed by atoms with Crippen LogP contribution in [0, 0.1) is 0 Å². The first kappa shape index (κ1) is 10.4. The molecule has 78 valence electrons. The topological polar surface area (TPSA) is 40.7 Å². The number of H-pyrrole nitrogens is 1. The van der Waals surface area contributed by atoms with Crippen LogP contribution in [0.3, 0.4) is 0 Å². The van der Waals surface area contributed by atoms with E-state index in [1.54, 1.807) is 0 Å². The van der Waals surface area contributed by atoms with Crippen molar-refractivity contribution in [3.05, 3.63) is 40.6 Å². The lowest BCUT2D eigenvalue weighted by Gasteiger charge is -1.97. The van der Waals surface area contributed by atoms with Crippen LogP contribution < -0.4 is 5.32 Å². The summed E-state index contributed by atoms with van der Waals surface area (Å²) in [5.74, 6) is 0.904. The zero-order valence-electron chi connectivity index (χ0n) is 8.42. The Morgan fingerprint density at radius 2 is 2.33 bits per heavy atom. The molecule has 0 spiro atoms. The van der Waals surface area contributed by atoms with Gasteiger partial charge in [0, 0.05) is 28.5 Å². The molecule has 0 aliphatic heterocycles. The van der Waals surface area contributed by atoms with E-state index in [0.717, 1.165) is 28.1 Å². The van der Waals surface area contributed by atoms with E-state index in [0.29, 0.717) is 0 Å². The van der Waals surface area contributed by atoms with Gasteiger partial charge < -0.3 is 10.3 Å². The SMILES string of the molecule is CNCc1cnc(-c2cccc(Br)c2)[nH]1. The van der Waals surface area contributed by atoms with Crippen molar-refractivity contribution < 1.29 is 0 Å². The standard InChI is InChI=1S/C11H12BrN3/c1-13-6-10-7-14-11(15-10)8-3-2-4-9(12)5-8/h2-5,7,13H,6H2,1H3,(H,14,15). The smallest absolute Gasteiger partial charge is 0.137 e. The number of aromatic amines is 1. The van der Waals surface area contributed by atoms with Gasteiger partial charge in [0.05, 0.1) is 0 Å². The number of nitrogens with one attached hydrogen (secondary N) is 2. The maximum absolute atomic E-state index is 4.33. The molecule has 2 N–H and O–H groups in total. The van der Waals surface area contributed by atoms with Crippen LogP contribution in [0.4, 0.5) is 0 Å². The first-order chi connectivity index (χ1) is 7.29. The number of aromatic nitrogens is 2. The van der Waals surface area contributed by atoms with Crippen molar-refractivity contribution in [1.29, 1.82) is 0 Å². The van der Waals surface area contributed by atoms with Gasteiger partial charge in [0.2, 0.25) is 0 Å². The number of hydrogen-bond donors (Lipinski definition) is 2. The molecule has 1 aromatic carbocycles. The van der Waals surface area contributed by atoms with E-state index in [1.807, 2.05) is 37.5 Å². The van der Waals surface area contributed by atoms with Gasteiger partial charge in [0.25, 0.3) is 0 Å². The average Bonchev–Trinajstić information content (AvgIpc) is 2.67. The first-order valence-corrected chi connectivity index (χ1v) is 5.53. The molecule has 1 heterocycles. The van der Waals surface area contributed by atoms with Crippen molar-refractivity contribution in [2.24, 2.45) is 0 Å². The van der Waals surface area contributed by atoms with Crippen LogP contribution >= 0.6 is 15.9 Å². The lowest BCUT2D eigenvalue weighted by atomic mass is 10.2. The van der Waals surface area contributed by atoms with Crippen molar-refractivity contribution in [3.8, 4) is 11.4 Å². The fourth-order valence-electron chi connectivity index (χ4n) is 1.42. The quantitative estimate of drug-likeness (QED) is 0.896. The summed E-state index contributed by atoms with van der Waals surface area (Å²) in [6, 6.07) is 8.08. The molecule has 0 amide bonds. The molecule has 3 nitrogen and oxygen atoms in total. The lowest BCUT2D eigenvalue weighted by molar-refractivity contribution is 0.797. The molecule has 0 radical (unpaired) electrons. The molecule has 1 aromatic heterocycles. The third kappa shape index (κ3) is 2.46. The van der Waals surface area contributed by atoms with E-state index in [9.17, 15) is 0 Å². The van der Waals surface area contributed by atoms with Gasteiger partial charge >= 0.3 is 0 Å². The molecule has 0 saturated heterocycles. The van der Waals surface area contributed by atoms with Gasteiger partial charge in [-0.1, -0.05) is 28.1 Å². The first-order valence-electron chi connectivity index (χ1n) is 4.74. The highest BCUT2D eigenvalue weighted by molar-refractivity contribution is 9.10. The van der Waals surface area contributed by atoms with Gasteiger partial charge in [-0.15, -0.1) is 0 Å². The largest absolute Gasteiger partial charge is 0.341 e. The number of imidazole rings is 1. The summed E-state index contributed by atoms with van der Waals surface area (Å²) in [4.78, 5) is 7.59. The zero-order chi connectivity index (χ0) is 10.7. The predicted molar refractivity (Wildman–Crippen MR) is 64.5 cm³/mol. The van der Waals surface area contributed by atoms with Crippen LogP contribution in [0.15, 0.2) is 34.9 Å². The Labute approximate surface area is 97.1 Å². The molecule has 2 aromatic rings. The molecule has 0 saturated carbocycles. The Hall–Kier alpha value is -1.13. The summed E-state index contributed by atoms with van der Waals surface area (Å²) in [5.41, 5.74) is 2.18. The summed E-state index contributed by atoms with van der Waals surface area (Å²) in [5, 5.41) is 3.08. The highest BCUT2D eigenvalue weighted by atomic mass is 79.9. The van der Waals surface area contributed by atoms with Crippen LogP contribution in [0.2, 0.25) is 0 Å². The number of nitrogens with zero attached hydrogens (tertiary/aromatic N) is 1. The van der Waals surface area contributed by atoms with Crippen LogP contribution in [0.5, 0.6) is 0 Å².